The standard InChI is InChI=1S/C21H22N2O3/c1-2-15-26-21(25)17-7-9-18(10-8-17)22-20(24)12-14-23-13-11-16-5-3-4-6-19(16)23/h3-11,13H,2,12,14-15H2,1H3,(H,22,24). The fraction of sp³-hybridized carbons (Fsp3) is 0.238. The fourth-order valence-corrected chi connectivity index (χ4v) is 2.75. The fourth-order valence-electron chi connectivity index (χ4n) is 2.75. The van der Waals surface area contributed by atoms with Crippen LogP contribution < -0.4 is 5.32 Å². The summed E-state index contributed by atoms with van der Waals surface area (Å²) >= 11 is 0. The number of nitrogens with zero attached hydrogens (tertiary/aromatic N) is 1. The number of para-hydroxylation sites is 1. The van der Waals surface area contributed by atoms with E-state index < -0.39 is 0 Å². The molecule has 0 unspecified atom stereocenters. The van der Waals surface area contributed by atoms with Crippen LogP contribution in [0.1, 0.15) is 30.1 Å². The number of ether oxygens (including phenoxy) is 1. The van der Waals surface area contributed by atoms with Crippen LogP contribution in [0.15, 0.2) is 60.8 Å². The van der Waals surface area contributed by atoms with E-state index in [-0.39, 0.29) is 11.9 Å². The molecule has 0 spiro atoms. The number of amides is 1. The van der Waals surface area contributed by atoms with Crippen molar-refractivity contribution in [2.75, 3.05) is 11.9 Å². The van der Waals surface area contributed by atoms with Gasteiger partial charge in [0.05, 0.1) is 12.2 Å². The molecule has 2 aromatic carbocycles. The van der Waals surface area contributed by atoms with E-state index in [0.29, 0.717) is 30.8 Å². The molecule has 1 heterocycles. The smallest absolute Gasteiger partial charge is 0.338 e. The molecule has 3 aromatic rings. The van der Waals surface area contributed by atoms with E-state index >= 15 is 0 Å². The quantitative estimate of drug-likeness (QED) is 0.649. The first-order chi connectivity index (χ1) is 12.7. The van der Waals surface area contributed by atoms with Crippen LogP contribution >= 0.6 is 0 Å². The van der Waals surface area contributed by atoms with Crippen molar-refractivity contribution in [1.82, 2.24) is 4.57 Å². The van der Waals surface area contributed by atoms with Gasteiger partial charge in [0.25, 0.3) is 0 Å². The molecule has 3 rings (SSSR count). The summed E-state index contributed by atoms with van der Waals surface area (Å²) in [4.78, 5) is 24.0. The molecule has 5 nitrogen and oxygen atoms in total. The topological polar surface area (TPSA) is 60.3 Å². The first kappa shape index (κ1) is 17.7. The van der Waals surface area contributed by atoms with E-state index in [1.807, 2.05) is 37.4 Å². The molecule has 5 heteroatoms. The van der Waals surface area contributed by atoms with Crippen molar-refractivity contribution in [2.24, 2.45) is 0 Å². The Balaban J connectivity index is 1.54. The third-order valence-corrected chi connectivity index (χ3v) is 4.10. The van der Waals surface area contributed by atoms with Gasteiger partial charge in [-0.1, -0.05) is 25.1 Å². The van der Waals surface area contributed by atoms with Crippen LogP contribution in [0.5, 0.6) is 0 Å². The maximum Gasteiger partial charge on any atom is 0.338 e. The van der Waals surface area contributed by atoms with Crippen LogP contribution in [0.4, 0.5) is 5.69 Å². The first-order valence-electron chi connectivity index (χ1n) is 8.78. The van der Waals surface area contributed by atoms with E-state index in [9.17, 15) is 9.59 Å². The second-order valence-corrected chi connectivity index (χ2v) is 6.08. The molecule has 0 radical (unpaired) electrons. The van der Waals surface area contributed by atoms with Gasteiger partial charge in [-0.3, -0.25) is 4.79 Å². The predicted molar refractivity (Wildman–Crippen MR) is 102 cm³/mol. The van der Waals surface area contributed by atoms with Crippen molar-refractivity contribution in [3.8, 4) is 0 Å². The Hall–Kier alpha value is -3.08. The number of anilines is 1. The molecule has 0 bridgehead atoms. The van der Waals surface area contributed by atoms with Crippen molar-refractivity contribution in [3.63, 3.8) is 0 Å². The number of benzene rings is 2. The Morgan fingerprint density at radius 2 is 1.81 bits per heavy atom. The van der Waals surface area contributed by atoms with Gasteiger partial charge in [-0.15, -0.1) is 0 Å². The van der Waals surface area contributed by atoms with Crippen molar-refractivity contribution in [2.45, 2.75) is 26.3 Å². The first-order valence-corrected chi connectivity index (χ1v) is 8.78. The zero-order valence-corrected chi connectivity index (χ0v) is 14.8. The van der Waals surface area contributed by atoms with Crippen LogP contribution in [0.25, 0.3) is 10.9 Å². The van der Waals surface area contributed by atoms with Crippen LogP contribution in [0, 0.1) is 0 Å². The van der Waals surface area contributed by atoms with Gasteiger partial charge in [-0.25, -0.2) is 4.79 Å². The summed E-state index contributed by atoms with van der Waals surface area (Å²) in [5.74, 6) is -0.409. The third kappa shape index (κ3) is 4.30. The van der Waals surface area contributed by atoms with Gasteiger partial charge in [0, 0.05) is 30.4 Å². The normalized spacial score (nSPS) is 10.7. The number of esters is 1. The number of aryl methyl sites for hydroxylation is 1. The zero-order chi connectivity index (χ0) is 18.4. The number of hydrogen-bond acceptors (Lipinski definition) is 3. The second kappa shape index (κ2) is 8.34. The molecule has 26 heavy (non-hydrogen) atoms. The van der Waals surface area contributed by atoms with E-state index in [2.05, 4.69) is 16.0 Å². The Morgan fingerprint density at radius 3 is 2.58 bits per heavy atom. The van der Waals surface area contributed by atoms with Gasteiger partial charge in [-0.05, 0) is 48.2 Å². The van der Waals surface area contributed by atoms with Gasteiger partial charge in [0.15, 0.2) is 0 Å². The Labute approximate surface area is 152 Å². The summed E-state index contributed by atoms with van der Waals surface area (Å²) in [6.07, 6.45) is 3.16. The summed E-state index contributed by atoms with van der Waals surface area (Å²) in [6, 6.07) is 16.9. The van der Waals surface area contributed by atoms with Gasteiger partial charge in [0.1, 0.15) is 0 Å². The van der Waals surface area contributed by atoms with Crippen molar-refractivity contribution < 1.29 is 14.3 Å². The molecule has 0 atom stereocenters. The highest BCUT2D eigenvalue weighted by atomic mass is 16.5. The maximum atomic E-state index is 12.2. The number of carbonyl (C=O) groups is 2. The number of aromatic nitrogens is 1. The van der Waals surface area contributed by atoms with E-state index in [1.165, 1.54) is 5.39 Å². The molecule has 0 aliphatic heterocycles. The molecule has 0 saturated heterocycles. The maximum absolute atomic E-state index is 12.2. The van der Waals surface area contributed by atoms with Crippen molar-refractivity contribution >= 4 is 28.5 Å². The minimum atomic E-state index is -0.343. The summed E-state index contributed by atoms with van der Waals surface area (Å²) in [6.45, 7) is 2.97. The average Bonchev–Trinajstić information content (AvgIpc) is 3.08. The van der Waals surface area contributed by atoms with Gasteiger partial charge in [0.2, 0.25) is 5.91 Å². The zero-order valence-electron chi connectivity index (χ0n) is 14.8. The third-order valence-electron chi connectivity index (χ3n) is 4.10. The van der Waals surface area contributed by atoms with E-state index in [4.69, 9.17) is 4.74 Å². The monoisotopic (exact) mass is 350 g/mol. The van der Waals surface area contributed by atoms with Gasteiger partial charge in [-0.2, -0.15) is 0 Å². The Morgan fingerprint density at radius 1 is 1.04 bits per heavy atom. The lowest BCUT2D eigenvalue weighted by molar-refractivity contribution is -0.116. The van der Waals surface area contributed by atoms with Crippen molar-refractivity contribution in [3.05, 3.63) is 66.4 Å². The molecule has 0 saturated carbocycles. The minimum Gasteiger partial charge on any atom is -0.462 e. The average molecular weight is 350 g/mol. The van der Waals surface area contributed by atoms with Crippen LogP contribution in [0.3, 0.4) is 0 Å². The lowest BCUT2D eigenvalue weighted by Crippen LogP contribution is -2.14. The summed E-state index contributed by atoms with van der Waals surface area (Å²) in [7, 11) is 0. The number of carbonyl (C=O) groups excluding carboxylic acids is 2. The molecule has 0 aliphatic rings. The van der Waals surface area contributed by atoms with Crippen LogP contribution in [-0.4, -0.2) is 23.1 Å². The highest BCUT2D eigenvalue weighted by molar-refractivity contribution is 5.93. The Bertz CT molecular complexity index is 897. The summed E-state index contributed by atoms with van der Waals surface area (Å²) in [5, 5.41) is 4.02. The number of hydrogen-bond donors (Lipinski definition) is 1. The van der Waals surface area contributed by atoms with Gasteiger partial charge >= 0.3 is 5.97 Å². The van der Waals surface area contributed by atoms with E-state index in [0.717, 1.165) is 11.9 Å². The van der Waals surface area contributed by atoms with Crippen molar-refractivity contribution in [1.29, 1.82) is 0 Å². The lowest BCUT2D eigenvalue weighted by Gasteiger charge is -2.08. The SMILES string of the molecule is CCCOC(=O)c1ccc(NC(=O)CCn2ccc3ccccc32)cc1. The highest BCUT2D eigenvalue weighted by Crippen LogP contribution is 2.16. The molecular formula is C21H22N2O3. The summed E-state index contributed by atoms with van der Waals surface area (Å²) in [5.41, 5.74) is 2.27. The molecule has 0 fully saturated rings. The van der Waals surface area contributed by atoms with Gasteiger partial charge < -0.3 is 14.6 Å². The summed E-state index contributed by atoms with van der Waals surface area (Å²) < 4.78 is 7.16. The lowest BCUT2D eigenvalue weighted by atomic mass is 10.2. The molecule has 134 valence electrons. The molecule has 1 aromatic heterocycles. The highest BCUT2D eigenvalue weighted by Gasteiger charge is 2.08. The second-order valence-electron chi connectivity index (χ2n) is 6.08. The van der Waals surface area contributed by atoms with Crippen LogP contribution in [0.2, 0.25) is 0 Å². The van der Waals surface area contributed by atoms with Crippen LogP contribution in [-0.2, 0) is 16.1 Å². The predicted octanol–water partition coefficient (Wildman–Crippen LogP) is 4.24. The largest absolute Gasteiger partial charge is 0.462 e. The Kier molecular flexibility index (Phi) is 5.69. The molecular weight excluding hydrogens is 328 g/mol. The minimum absolute atomic E-state index is 0.0657. The number of nitrogens with one attached hydrogen (secondary N) is 1. The van der Waals surface area contributed by atoms with E-state index in [1.54, 1.807) is 24.3 Å². The molecule has 1 N–H and O–H groups in total. The number of rotatable bonds is 7. The molecule has 1 amide bonds. The molecule has 0 aliphatic carbocycles. The number of fused-ring (bicyclic) bond motifs is 1.